The van der Waals surface area contributed by atoms with E-state index in [-0.39, 0.29) is 19.0 Å². The average Bonchev–Trinajstić information content (AvgIpc) is 2.29. The van der Waals surface area contributed by atoms with E-state index in [2.05, 4.69) is 11.4 Å². The SMILES string of the molecule is CCCN(CC#N)CC(=O)Nc1cccc(Cl)c1. The highest BCUT2D eigenvalue weighted by molar-refractivity contribution is 6.30. The number of amides is 1. The second-order valence-corrected chi connectivity index (χ2v) is 4.36. The Kier molecular flexibility index (Phi) is 6.20. The van der Waals surface area contributed by atoms with E-state index in [1.807, 2.05) is 6.92 Å². The first-order valence-corrected chi connectivity index (χ1v) is 6.18. The van der Waals surface area contributed by atoms with Gasteiger partial charge in [0.25, 0.3) is 0 Å². The smallest absolute Gasteiger partial charge is 0.238 e. The van der Waals surface area contributed by atoms with E-state index in [1.54, 1.807) is 29.2 Å². The third kappa shape index (κ3) is 5.17. The van der Waals surface area contributed by atoms with Crippen molar-refractivity contribution < 1.29 is 4.79 Å². The molecule has 0 aliphatic heterocycles. The first-order chi connectivity index (χ1) is 8.65. The van der Waals surface area contributed by atoms with Gasteiger partial charge in [0.2, 0.25) is 5.91 Å². The molecule has 0 unspecified atom stereocenters. The Labute approximate surface area is 112 Å². The van der Waals surface area contributed by atoms with Gasteiger partial charge in [-0.1, -0.05) is 24.6 Å². The van der Waals surface area contributed by atoms with Crippen LogP contribution in [-0.4, -0.2) is 30.4 Å². The summed E-state index contributed by atoms with van der Waals surface area (Å²) in [6.07, 6.45) is 0.909. The highest BCUT2D eigenvalue weighted by Crippen LogP contribution is 2.14. The van der Waals surface area contributed by atoms with E-state index < -0.39 is 0 Å². The number of hydrogen-bond acceptors (Lipinski definition) is 3. The maximum absolute atomic E-state index is 11.8. The fourth-order valence-electron chi connectivity index (χ4n) is 1.60. The van der Waals surface area contributed by atoms with Crippen molar-refractivity contribution in [2.75, 3.05) is 25.0 Å². The molecule has 0 fully saturated rings. The average molecular weight is 266 g/mol. The molecule has 0 saturated carbocycles. The van der Waals surface area contributed by atoms with E-state index in [0.29, 0.717) is 10.7 Å². The predicted molar refractivity (Wildman–Crippen MR) is 72.4 cm³/mol. The fraction of sp³-hybridized carbons (Fsp3) is 0.385. The maximum Gasteiger partial charge on any atom is 0.238 e. The molecule has 1 rings (SSSR count). The fourth-order valence-corrected chi connectivity index (χ4v) is 1.79. The Morgan fingerprint density at radius 3 is 2.94 bits per heavy atom. The normalized spacial score (nSPS) is 10.1. The highest BCUT2D eigenvalue weighted by atomic mass is 35.5. The van der Waals surface area contributed by atoms with Gasteiger partial charge in [0.15, 0.2) is 0 Å². The summed E-state index contributed by atoms with van der Waals surface area (Å²) in [7, 11) is 0. The monoisotopic (exact) mass is 265 g/mol. The van der Waals surface area contributed by atoms with Gasteiger partial charge >= 0.3 is 0 Å². The number of nitrogens with zero attached hydrogens (tertiary/aromatic N) is 2. The van der Waals surface area contributed by atoms with E-state index in [9.17, 15) is 4.79 Å². The van der Waals surface area contributed by atoms with Gasteiger partial charge in [0, 0.05) is 10.7 Å². The molecule has 0 atom stereocenters. The van der Waals surface area contributed by atoms with Crippen molar-refractivity contribution in [3.05, 3.63) is 29.3 Å². The summed E-state index contributed by atoms with van der Waals surface area (Å²) in [6, 6.07) is 9.04. The van der Waals surface area contributed by atoms with Crippen molar-refractivity contribution in [3.63, 3.8) is 0 Å². The lowest BCUT2D eigenvalue weighted by atomic mass is 10.3. The third-order valence-corrected chi connectivity index (χ3v) is 2.54. The molecule has 5 heteroatoms. The molecule has 1 N–H and O–H groups in total. The van der Waals surface area contributed by atoms with Gasteiger partial charge in [-0.3, -0.25) is 9.69 Å². The molecule has 0 aliphatic carbocycles. The lowest BCUT2D eigenvalue weighted by molar-refractivity contribution is -0.117. The van der Waals surface area contributed by atoms with Crippen LogP contribution >= 0.6 is 11.6 Å². The summed E-state index contributed by atoms with van der Waals surface area (Å²) in [5, 5.41) is 12.0. The second kappa shape index (κ2) is 7.70. The largest absolute Gasteiger partial charge is 0.325 e. The minimum absolute atomic E-state index is 0.138. The molecule has 96 valence electrons. The van der Waals surface area contributed by atoms with Gasteiger partial charge in [-0.05, 0) is 31.2 Å². The van der Waals surface area contributed by atoms with E-state index in [1.165, 1.54) is 0 Å². The second-order valence-electron chi connectivity index (χ2n) is 3.93. The summed E-state index contributed by atoms with van der Waals surface area (Å²) < 4.78 is 0. The number of hydrogen-bond donors (Lipinski definition) is 1. The molecule has 0 spiro atoms. The molecule has 0 aromatic heterocycles. The van der Waals surface area contributed by atoms with Crippen molar-refractivity contribution in [2.24, 2.45) is 0 Å². The molecule has 4 nitrogen and oxygen atoms in total. The summed E-state index contributed by atoms with van der Waals surface area (Å²) in [6.45, 7) is 3.22. The first kappa shape index (κ1) is 14.5. The van der Waals surface area contributed by atoms with E-state index in [4.69, 9.17) is 16.9 Å². The molecular weight excluding hydrogens is 250 g/mol. The predicted octanol–water partition coefficient (Wildman–Crippen LogP) is 2.51. The number of rotatable bonds is 6. The van der Waals surface area contributed by atoms with Gasteiger partial charge in [-0.15, -0.1) is 0 Å². The van der Waals surface area contributed by atoms with Crippen LogP contribution in [-0.2, 0) is 4.79 Å². The molecule has 1 amide bonds. The van der Waals surface area contributed by atoms with Crippen LogP contribution in [0.3, 0.4) is 0 Å². The Morgan fingerprint density at radius 1 is 1.56 bits per heavy atom. The third-order valence-electron chi connectivity index (χ3n) is 2.31. The molecule has 18 heavy (non-hydrogen) atoms. The highest BCUT2D eigenvalue weighted by Gasteiger charge is 2.09. The van der Waals surface area contributed by atoms with Crippen LogP contribution in [0.25, 0.3) is 0 Å². The molecule has 0 saturated heterocycles. The Balaban J connectivity index is 2.52. The number of anilines is 1. The van der Waals surface area contributed by atoms with E-state index in [0.717, 1.165) is 13.0 Å². The van der Waals surface area contributed by atoms with Crippen LogP contribution in [0.5, 0.6) is 0 Å². The summed E-state index contributed by atoms with van der Waals surface area (Å²) >= 11 is 5.83. The lowest BCUT2D eigenvalue weighted by Gasteiger charge is -2.17. The summed E-state index contributed by atoms with van der Waals surface area (Å²) in [4.78, 5) is 13.6. The molecule has 1 aromatic rings. The van der Waals surface area contributed by atoms with Crippen LogP contribution in [0, 0.1) is 11.3 Å². The van der Waals surface area contributed by atoms with Crippen LogP contribution < -0.4 is 5.32 Å². The minimum atomic E-state index is -0.138. The van der Waals surface area contributed by atoms with Crippen molar-refractivity contribution in [2.45, 2.75) is 13.3 Å². The number of halogens is 1. The van der Waals surface area contributed by atoms with Crippen molar-refractivity contribution in [1.82, 2.24) is 4.90 Å². The summed E-state index contributed by atoms with van der Waals surface area (Å²) in [5.41, 5.74) is 0.668. The molecule has 0 heterocycles. The summed E-state index contributed by atoms with van der Waals surface area (Å²) in [5.74, 6) is -0.138. The first-order valence-electron chi connectivity index (χ1n) is 5.80. The lowest BCUT2D eigenvalue weighted by Crippen LogP contribution is -2.34. The van der Waals surface area contributed by atoms with E-state index >= 15 is 0 Å². The molecule has 1 aromatic carbocycles. The Hall–Kier alpha value is -1.57. The number of nitrogens with one attached hydrogen (secondary N) is 1. The van der Waals surface area contributed by atoms with Crippen LogP contribution in [0.1, 0.15) is 13.3 Å². The van der Waals surface area contributed by atoms with Gasteiger partial charge < -0.3 is 5.32 Å². The maximum atomic E-state index is 11.8. The quantitative estimate of drug-likeness (QED) is 0.804. The van der Waals surface area contributed by atoms with Gasteiger partial charge in [0.1, 0.15) is 0 Å². The zero-order valence-corrected chi connectivity index (χ0v) is 11.1. The Morgan fingerprint density at radius 2 is 2.33 bits per heavy atom. The molecular formula is C13H16ClN3O. The van der Waals surface area contributed by atoms with Crippen LogP contribution in [0.2, 0.25) is 5.02 Å². The minimum Gasteiger partial charge on any atom is -0.325 e. The zero-order valence-electron chi connectivity index (χ0n) is 10.3. The van der Waals surface area contributed by atoms with Crippen molar-refractivity contribution in [3.8, 4) is 6.07 Å². The van der Waals surface area contributed by atoms with Crippen LogP contribution in [0.15, 0.2) is 24.3 Å². The van der Waals surface area contributed by atoms with Gasteiger partial charge in [-0.25, -0.2) is 0 Å². The van der Waals surface area contributed by atoms with Gasteiger partial charge in [0.05, 0.1) is 19.2 Å². The topological polar surface area (TPSA) is 56.1 Å². The number of nitriles is 1. The number of carbonyl (C=O) groups is 1. The zero-order chi connectivity index (χ0) is 13.4. The molecule has 0 bridgehead atoms. The van der Waals surface area contributed by atoms with Gasteiger partial charge in [-0.2, -0.15) is 5.26 Å². The number of carbonyl (C=O) groups excluding carboxylic acids is 1. The van der Waals surface area contributed by atoms with Crippen molar-refractivity contribution >= 4 is 23.2 Å². The number of benzene rings is 1. The van der Waals surface area contributed by atoms with Crippen molar-refractivity contribution in [1.29, 1.82) is 5.26 Å². The molecule has 0 aliphatic rings. The molecule has 0 radical (unpaired) electrons. The Bertz CT molecular complexity index is 442. The van der Waals surface area contributed by atoms with Crippen LogP contribution in [0.4, 0.5) is 5.69 Å². The standard InChI is InChI=1S/C13H16ClN3O/c1-2-7-17(8-6-15)10-13(18)16-12-5-3-4-11(14)9-12/h3-5,9H,2,7-8,10H2,1H3,(H,16,18).